The summed E-state index contributed by atoms with van der Waals surface area (Å²) in [4.78, 5) is 23.1. The first kappa shape index (κ1) is 13.4. The molecule has 3 heterocycles. The van der Waals surface area contributed by atoms with E-state index in [9.17, 15) is 4.79 Å². The number of anilines is 1. The Labute approximate surface area is 130 Å². The number of hydrogen-bond acceptors (Lipinski definition) is 6. The highest BCUT2D eigenvalue weighted by Gasteiger charge is 2.28. The van der Waals surface area contributed by atoms with E-state index in [1.165, 1.54) is 18.4 Å². The van der Waals surface area contributed by atoms with Gasteiger partial charge in [-0.2, -0.15) is 5.10 Å². The minimum atomic E-state index is -0.274. The van der Waals surface area contributed by atoms with Crippen molar-refractivity contribution in [1.82, 2.24) is 25.1 Å². The smallest absolute Gasteiger partial charge is 0.340 e. The minimum Gasteiger partial charge on any atom is -0.368 e. The standard InChI is InChI=1S/C14H16N6OS/c1-7-6-22-11-10(7)17-12(8-2-3-8)18-13(11)15-5-4-9-16-14(21)20-19-9/h6,8H,2-5H2,1H3,(H,15,17,18)(H2,16,19,20,21). The minimum absolute atomic E-state index is 0.274. The Morgan fingerprint density at radius 3 is 3.00 bits per heavy atom. The fourth-order valence-electron chi connectivity index (χ4n) is 2.42. The maximum atomic E-state index is 11.0. The van der Waals surface area contributed by atoms with Gasteiger partial charge >= 0.3 is 5.69 Å². The van der Waals surface area contributed by atoms with Crippen LogP contribution in [0.2, 0.25) is 0 Å². The predicted molar refractivity (Wildman–Crippen MR) is 85.5 cm³/mol. The first-order valence-electron chi connectivity index (χ1n) is 7.34. The van der Waals surface area contributed by atoms with Crippen LogP contribution in [0, 0.1) is 6.92 Å². The summed E-state index contributed by atoms with van der Waals surface area (Å²) in [6.45, 7) is 2.74. The summed E-state index contributed by atoms with van der Waals surface area (Å²) in [7, 11) is 0. The fraction of sp³-hybridized carbons (Fsp3) is 0.429. The molecular formula is C14H16N6OS. The number of rotatable bonds is 5. The quantitative estimate of drug-likeness (QED) is 0.668. The van der Waals surface area contributed by atoms with Crippen LogP contribution in [0.1, 0.15) is 36.0 Å². The molecule has 8 heteroatoms. The molecule has 114 valence electrons. The molecule has 1 aliphatic carbocycles. The van der Waals surface area contributed by atoms with Gasteiger partial charge in [0.2, 0.25) is 0 Å². The zero-order valence-electron chi connectivity index (χ0n) is 12.1. The van der Waals surface area contributed by atoms with Gasteiger partial charge in [-0.15, -0.1) is 11.3 Å². The number of aryl methyl sites for hydroxylation is 1. The molecule has 0 bridgehead atoms. The van der Waals surface area contributed by atoms with Crippen LogP contribution in [-0.4, -0.2) is 31.7 Å². The van der Waals surface area contributed by atoms with Crippen molar-refractivity contribution >= 4 is 27.4 Å². The Hall–Kier alpha value is -2.22. The SMILES string of the molecule is Cc1csc2c(NCCc3n[nH]c(=O)[nH]3)nc(C3CC3)nc12. The molecule has 0 amide bonds. The molecule has 0 aliphatic heterocycles. The monoisotopic (exact) mass is 316 g/mol. The maximum absolute atomic E-state index is 11.0. The molecule has 3 N–H and O–H groups in total. The van der Waals surface area contributed by atoms with E-state index in [0.717, 1.165) is 21.9 Å². The van der Waals surface area contributed by atoms with Gasteiger partial charge in [0.05, 0.1) is 10.2 Å². The molecule has 7 nitrogen and oxygen atoms in total. The highest BCUT2D eigenvalue weighted by atomic mass is 32.1. The molecule has 1 aliphatic rings. The van der Waals surface area contributed by atoms with Crippen molar-refractivity contribution in [3.05, 3.63) is 33.1 Å². The van der Waals surface area contributed by atoms with Crippen LogP contribution in [0.15, 0.2) is 10.2 Å². The van der Waals surface area contributed by atoms with Crippen LogP contribution >= 0.6 is 11.3 Å². The number of aromatic amines is 2. The van der Waals surface area contributed by atoms with Gasteiger partial charge in [0.1, 0.15) is 17.5 Å². The summed E-state index contributed by atoms with van der Waals surface area (Å²) in [6.07, 6.45) is 3.00. The topological polar surface area (TPSA) is 99.3 Å². The number of nitrogens with zero attached hydrogens (tertiary/aromatic N) is 3. The Bertz CT molecular complexity index is 875. The maximum Gasteiger partial charge on any atom is 0.340 e. The molecular weight excluding hydrogens is 300 g/mol. The lowest BCUT2D eigenvalue weighted by Crippen LogP contribution is -2.09. The Morgan fingerprint density at radius 1 is 1.41 bits per heavy atom. The van der Waals surface area contributed by atoms with E-state index in [4.69, 9.17) is 9.97 Å². The van der Waals surface area contributed by atoms with Crippen LogP contribution < -0.4 is 11.0 Å². The number of fused-ring (bicyclic) bond motifs is 1. The van der Waals surface area contributed by atoms with Gasteiger partial charge in [-0.05, 0) is 30.7 Å². The van der Waals surface area contributed by atoms with Crippen LogP contribution in [0.3, 0.4) is 0 Å². The summed E-state index contributed by atoms with van der Waals surface area (Å²) in [5.74, 6) is 3.01. The molecule has 0 atom stereocenters. The molecule has 0 spiro atoms. The van der Waals surface area contributed by atoms with Gasteiger partial charge in [-0.25, -0.2) is 19.9 Å². The van der Waals surface area contributed by atoms with E-state index in [1.54, 1.807) is 11.3 Å². The molecule has 1 fully saturated rings. The van der Waals surface area contributed by atoms with E-state index in [1.807, 2.05) is 0 Å². The summed E-state index contributed by atoms with van der Waals surface area (Å²) < 4.78 is 1.09. The van der Waals surface area contributed by atoms with Crippen molar-refractivity contribution in [2.75, 3.05) is 11.9 Å². The van der Waals surface area contributed by atoms with Crippen LogP contribution in [0.4, 0.5) is 5.82 Å². The van der Waals surface area contributed by atoms with Gasteiger partial charge in [-0.1, -0.05) is 0 Å². The molecule has 3 aromatic rings. The number of nitrogens with one attached hydrogen (secondary N) is 3. The van der Waals surface area contributed by atoms with E-state index >= 15 is 0 Å². The van der Waals surface area contributed by atoms with E-state index in [-0.39, 0.29) is 5.69 Å². The van der Waals surface area contributed by atoms with Crippen molar-refractivity contribution in [2.24, 2.45) is 0 Å². The third kappa shape index (κ3) is 2.50. The van der Waals surface area contributed by atoms with Crippen molar-refractivity contribution in [1.29, 1.82) is 0 Å². The number of hydrogen-bond donors (Lipinski definition) is 3. The highest BCUT2D eigenvalue weighted by molar-refractivity contribution is 7.18. The number of H-pyrrole nitrogens is 2. The van der Waals surface area contributed by atoms with E-state index in [0.29, 0.717) is 24.7 Å². The molecule has 0 unspecified atom stereocenters. The largest absolute Gasteiger partial charge is 0.368 e. The van der Waals surface area contributed by atoms with Crippen LogP contribution in [0.5, 0.6) is 0 Å². The second-order valence-corrected chi connectivity index (χ2v) is 6.48. The molecule has 0 saturated heterocycles. The second-order valence-electron chi connectivity index (χ2n) is 5.60. The van der Waals surface area contributed by atoms with Gasteiger partial charge in [0, 0.05) is 18.9 Å². The van der Waals surface area contributed by atoms with Gasteiger partial charge in [0.15, 0.2) is 0 Å². The number of thiophene rings is 1. The molecule has 0 aromatic carbocycles. The lowest BCUT2D eigenvalue weighted by Gasteiger charge is -2.08. The number of aromatic nitrogens is 5. The zero-order chi connectivity index (χ0) is 15.1. The lowest BCUT2D eigenvalue weighted by atomic mass is 10.3. The normalized spacial score (nSPS) is 14.6. The predicted octanol–water partition coefficient (Wildman–Crippen LogP) is 1.94. The second kappa shape index (κ2) is 5.20. The summed E-state index contributed by atoms with van der Waals surface area (Å²) in [5, 5.41) is 11.8. The summed E-state index contributed by atoms with van der Waals surface area (Å²) >= 11 is 1.66. The molecule has 1 saturated carbocycles. The molecule has 22 heavy (non-hydrogen) atoms. The van der Waals surface area contributed by atoms with Gasteiger partial charge < -0.3 is 5.32 Å². The Balaban J connectivity index is 1.58. The van der Waals surface area contributed by atoms with Crippen molar-refractivity contribution in [3.63, 3.8) is 0 Å². The van der Waals surface area contributed by atoms with Crippen molar-refractivity contribution in [3.8, 4) is 0 Å². The zero-order valence-corrected chi connectivity index (χ0v) is 13.0. The van der Waals surface area contributed by atoms with Gasteiger partial charge in [0.25, 0.3) is 0 Å². The lowest BCUT2D eigenvalue weighted by molar-refractivity contribution is 0.889. The average Bonchev–Trinajstić information content (AvgIpc) is 3.18. The van der Waals surface area contributed by atoms with E-state index < -0.39 is 0 Å². The van der Waals surface area contributed by atoms with Gasteiger partial charge in [-0.3, -0.25) is 4.98 Å². The third-order valence-electron chi connectivity index (χ3n) is 3.76. The first-order chi connectivity index (χ1) is 10.7. The average molecular weight is 316 g/mol. The van der Waals surface area contributed by atoms with Crippen molar-refractivity contribution < 1.29 is 0 Å². The molecule has 4 rings (SSSR count). The third-order valence-corrected chi connectivity index (χ3v) is 4.85. The molecule has 0 radical (unpaired) electrons. The van der Waals surface area contributed by atoms with E-state index in [2.05, 4.69) is 32.8 Å². The van der Waals surface area contributed by atoms with Crippen molar-refractivity contribution in [2.45, 2.75) is 32.1 Å². The summed E-state index contributed by atoms with van der Waals surface area (Å²) in [6, 6.07) is 0. The van der Waals surface area contributed by atoms with Crippen LogP contribution in [-0.2, 0) is 6.42 Å². The van der Waals surface area contributed by atoms with Crippen LogP contribution in [0.25, 0.3) is 10.2 Å². The summed E-state index contributed by atoms with van der Waals surface area (Å²) in [5.41, 5.74) is 1.98. The fourth-order valence-corrected chi connectivity index (χ4v) is 3.37. The first-order valence-corrected chi connectivity index (χ1v) is 8.22. The molecule has 3 aromatic heterocycles. The highest BCUT2D eigenvalue weighted by Crippen LogP contribution is 2.40. The Morgan fingerprint density at radius 2 is 2.27 bits per heavy atom. The Kier molecular flexibility index (Phi) is 3.18.